The van der Waals surface area contributed by atoms with Gasteiger partial charge in [-0.1, -0.05) is 42.5 Å². The fourth-order valence-corrected chi connectivity index (χ4v) is 3.37. The second-order valence-electron chi connectivity index (χ2n) is 7.08. The Morgan fingerprint density at radius 3 is 2.48 bits per heavy atom. The van der Waals surface area contributed by atoms with Crippen molar-refractivity contribution in [2.24, 2.45) is 7.05 Å². The van der Waals surface area contributed by atoms with Crippen LogP contribution in [0, 0.1) is 12.7 Å². The van der Waals surface area contributed by atoms with Crippen molar-refractivity contribution in [3.63, 3.8) is 0 Å². The number of nitrogens with zero attached hydrogens (tertiary/aromatic N) is 4. The van der Waals surface area contributed by atoms with Crippen LogP contribution in [0.1, 0.15) is 33.6 Å². The standard InChI is InChI=1S/C23H20FN5O2/c1-15-14-19(30)21(27-29(15)18-11-7-6-10-17(18)24)23(31)26-20(16-8-4-3-5-9-16)22-25-12-13-28(22)2/h3-14,20H,1-2H3,(H,26,31). The number of para-hydroxylation sites is 1. The van der Waals surface area contributed by atoms with Crippen LogP contribution in [0.4, 0.5) is 4.39 Å². The maximum absolute atomic E-state index is 14.3. The summed E-state index contributed by atoms with van der Waals surface area (Å²) in [5.74, 6) is -0.587. The molecule has 1 N–H and O–H groups in total. The maximum Gasteiger partial charge on any atom is 0.276 e. The summed E-state index contributed by atoms with van der Waals surface area (Å²) in [5.41, 5.74) is 0.484. The number of rotatable bonds is 5. The van der Waals surface area contributed by atoms with E-state index in [4.69, 9.17) is 0 Å². The number of benzene rings is 2. The fraction of sp³-hybridized carbons (Fsp3) is 0.130. The number of aryl methyl sites for hydroxylation is 2. The van der Waals surface area contributed by atoms with Gasteiger partial charge >= 0.3 is 0 Å². The summed E-state index contributed by atoms with van der Waals surface area (Å²) in [6.07, 6.45) is 3.40. The van der Waals surface area contributed by atoms with Crippen LogP contribution in [0.15, 0.2) is 77.9 Å². The molecule has 1 unspecified atom stereocenters. The predicted molar refractivity (Wildman–Crippen MR) is 113 cm³/mol. The summed E-state index contributed by atoms with van der Waals surface area (Å²) >= 11 is 0. The quantitative estimate of drug-likeness (QED) is 0.541. The highest BCUT2D eigenvalue weighted by atomic mass is 19.1. The van der Waals surface area contributed by atoms with Crippen LogP contribution in [0.2, 0.25) is 0 Å². The Balaban J connectivity index is 1.75. The van der Waals surface area contributed by atoms with Gasteiger partial charge in [-0.15, -0.1) is 0 Å². The average Bonchev–Trinajstić information content (AvgIpc) is 3.19. The SMILES string of the molecule is Cc1cc(=O)c(C(=O)NC(c2ccccc2)c2nccn2C)nn1-c1ccccc1F. The molecule has 0 saturated carbocycles. The van der Waals surface area contributed by atoms with E-state index in [0.29, 0.717) is 11.5 Å². The van der Waals surface area contributed by atoms with Crippen molar-refractivity contribution < 1.29 is 9.18 Å². The Morgan fingerprint density at radius 1 is 1.10 bits per heavy atom. The Morgan fingerprint density at radius 2 is 1.81 bits per heavy atom. The largest absolute Gasteiger partial charge is 0.336 e. The summed E-state index contributed by atoms with van der Waals surface area (Å²) in [4.78, 5) is 30.0. The molecule has 7 nitrogen and oxygen atoms in total. The first-order chi connectivity index (χ1) is 15.0. The summed E-state index contributed by atoms with van der Waals surface area (Å²) in [7, 11) is 1.82. The highest BCUT2D eigenvalue weighted by Gasteiger charge is 2.24. The van der Waals surface area contributed by atoms with Crippen LogP contribution >= 0.6 is 0 Å². The van der Waals surface area contributed by atoms with E-state index >= 15 is 0 Å². The number of hydrogen-bond acceptors (Lipinski definition) is 4. The molecule has 0 saturated heterocycles. The van der Waals surface area contributed by atoms with Crippen LogP contribution in [0.25, 0.3) is 5.69 Å². The Kier molecular flexibility index (Phi) is 5.44. The van der Waals surface area contributed by atoms with Crippen LogP contribution in [-0.4, -0.2) is 25.2 Å². The average molecular weight is 417 g/mol. The predicted octanol–water partition coefficient (Wildman–Crippen LogP) is 2.93. The highest BCUT2D eigenvalue weighted by Crippen LogP contribution is 2.20. The van der Waals surface area contributed by atoms with Crippen molar-refractivity contribution in [3.05, 3.63) is 112 Å². The molecule has 0 radical (unpaired) electrons. The van der Waals surface area contributed by atoms with Gasteiger partial charge in [-0.05, 0) is 24.6 Å². The van der Waals surface area contributed by atoms with Crippen molar-refractivity contribution in [2.45, 2.75) is 13.0 Å². The lowest BCUT2D eigenvalue weighted by molar-refractivity contribution is 0.0933. The molecule has 0 bridgehead atoms. The molecule has 0 aliphatic heterocycles. The highest BCUT2D eigenvalue weighted by molar-refractivity contribution is 5.92. The van der Waals surface area contributed by atoms with Crippen molar-refractivity contribution in [3.8, 4) is 5.69 Å². The molecule has 1 atom stereocenters. The Hall–Kier alpha value is -4.07. The lowest BCUT2D eigenvalue weighted by Crippen LogP contribution is -2.36. The minimum atomic E-state index is -0.674. The van der Waals surface area contributed by atoms with Gasteiger partial charge in [0.25, 0.3) is 5.91 Å². The first-order valence-corrected chi connectivity index (χ1v) is 9.64. The molecule has 0 aliphatic carbocycles. The zero-order valence-electron chi connectivity index (χ0n) is 17.0. The number of hydrogen-bond donors (Lipinski definition) is 1. The van der Waals surface area contributed by atoms with Gasteiger partial charge in [0.05, 0.1) is 0 Å². The molecule has 0 aliphatic rings. The number of carbonyl (C=O) groups is 1. The van der Waals surface area contributed by atoms with Gasteiger partial charge in [0.15, 0.2) is 5.69 Å². The molecule has 156 valence electrons. The number of imidazole rings is 1. The molecule has 0 fully saturated rings. The van der Waals surface area contributed by atoms with Crippen molar-refractivity contribution in [1.29, 1.82) is 0 Å². The Bertz CT molecular complexity index is 1300. The zero-order valence-corrected chi connectivity index (χ0v) is 17.0. The molecule has 0 spiro atoms. The molecular weight excluding hydrogens is 397 g/mol. The molecule has 31 heavy (non-hydrogen) atoms. The fourth-order valence-electron chi connectivity index (χ4n) is 3.37. The van der Waals surface area contributed by atoms with E-state index in [-0.39, 0.29) is 11.4 Å². The second-order valence-corrected chi connectivity index (χ2v) is 7.08. The van der Waals surface area contributed by atoms with E-state index in [9.17, 15) is 14.0 Å². The molecule has 2 aromatic heterocycles. The number of aromatic nitrogens is 4. The van der Waals surface area contributed by atoms with E-state index < -0.39 is 23.2 Å². The summed E-state index contributed by atoms with van der Waals surface area (Å²) < 4.78 is 17.3. The van der Waals surface area contributed by atoms with Crippen LogP contribution in [0.5, 0.6) is 0 Å². The minimum absolute atomic E-state index is 0.151. The summed E-state index contributed by atoms with van der Waals surface area (Å²) in [6, 6.07) is 16.0. The topological polar surface area (TPSA) is 81.8 Å². The summed E-state index contributed by atoms with van der Waals surface area (Å²) in [5, 5.41) is 7.03. The molecule has 2 aromatic carbocycles. The molecule has 4 aromatic rings. The van der Waals surface area contributed by atoms with Gasteiger partial charge < -0.3 is 9.88 Å². The monoisotopic (exact) mass is 417 g/mol. The lowest BCUT2D eigenvalue weighted by Gasteiger charge is -2.19. The van der Waals surface area contributed by atoms with Gasteiger partial charge in [0, 0.05) is 31.2 Å². The third kappa shape index (κ3) is 4.00. The maximum atomic E-state index is 14.3. The molecule has 8 heteroatoms. The number of nitrogens with one attached hydrogen (secondary N) is 1. The number of halogens is 1. The van der Waals surface area contributed by atoms with E-state index in [2.05, 4.69) is 15.4 Å². The van der Waals surface area contributed by atoms with Gasteiger partial charge in [0.2, 0.25) is 5.43 Å². The zero-order chi connectivity index (χ0) is 22.0. The summed E-state index contributed by atoms with van der Waals surface area (Å²) in [6.45, 7) is 1.63. The number of amides is 1. The van der Waals surface area contributed by atoms with E-state index in [1.165, 1.54) is 22.9 Å². The van der Waals surface area contributed by atoms with Crippen LogP contribution < -0.4 is 10.7 Å². The van der Waals surface area contributed by atoms with Crippen LogP contribution in [-0.2, 0) is 7.05 Å². The third-order valence-corrected chi connectivity index (χ3v) is 4.93. The van der Waals surface area contributed by atoms with Gasteiger partial charge in [-0.3, -0.25) is 9.59 Å². The van der Waals surface area contributed by atoms with Crippen LogP contribution in [0.3, 0.4) is 0 Å². The third-order valence-electron chi connectivity index (χ3n) is 4.93. The first-order valence-electron chi connectivity index (χ1n) is 9.64. The molecule has 1 amide bonds. The van der Waals surface area contributed by atoms with Gasteiger partial charge in [-0.25, -0.2) is 14.1 Å². The number of carbonyl (C=O) groups excluding carboxylic acids is 1. The van der Waals surface area contributed by atoms with E-state index in [0.717, 1.165) is 5.56 Å². The van der Waals surface area contributed by atoms with Crippen molar-refractivity contribution in [2.75, 3.05) is 0 Å². The van der Waals surface area contributed by atoms with Gasteiger partial charge in [0.1, 0.15) is 23.4 Å². The lowest BCUT2D eigenvalue weighted by atomic mass is 10.1. The minimum Gasteiger partial charge on any atom is -0.336 e. The van der Waals surface area contributed by atoms with Gasteiger partial charge in [-0.2, -0.15) is 5.10 Å². The smallest absolute Gasteiger partial charge is 0.276 e. The second kappa shape index (κ2) is 8.35. The molecular formula is C23H20FN5O2. The van der Waals surface area contributed by atoms with Crippen molar-refractivity contribution in [1.82, 2.24) is 24.6 Å². The van der Waals surface area contributed by atoms with E-state index in [1.807, 2.05) is 37.4 Å². The normalized spacial score (nSPS) is 11.8. The first kappa shape index (κ1) is 20.2. The van der Waals surface area contributed by atoms with Crippen molar-refractivity contribution >= 4 is 5.91 Å². The van der Waals surface area contributed by atoms with E-state index in [1.54, 1.807) is 36.0 Å². The Labute approximate surface area is 177 Å². The molecule has 2 heterocycles. The molecule has 4 rings (SSSR count).